The van der Waals surface area contributed by atoms with Crippen molar-refractivity contribution in [3.63, 3.8) is 0 Å². The van der Waals surface area contributed by atoms with Crippen LogP contribution >= 0.6 is 0 Å². The van der Waals surface area contributed by atoms with Crippen LogP contribution in [0.1, 0.15) is 91.8 Å². The summed E-state index contributed by atoms with van der Waals surface area (Å²) in [5.41, 5.74) is 6.18. The second kappa shape index (κ2) is 14.1. The highest BCUT2D eigenvalue weighted by Gasteiger charge is 2.55. The summed E-state index contributed by atoms with van der Waals surface area (Å²) in [7, 11) is 0. The Kier molecular flexibility index (Phi) is 9.12. The highest BCUT2D eigenvalue weighted by Crippen LogP contribution is 2.59. The Labute approximate surface area is 339 Å². The lowest BCUT2D eigenvalue weighted by Gasteiger charge is -2.42. The van der Waals surface area contributed by atoms with Crippen molar-refractivity contribution in [1.82, 2.24) is 35.0 Å². The van der Waals surface area contributed by atoms with Crippen molar-refractivity contribution in [3.05, 3.63) is 82.9 Å². The van der Waals surface area contributed by atoms with Crippen LogP contribution in [0.5, 0.6) is 0 Å². The highest BCUT2D eigenvalue weighted by molar-refractivity contribution is 6.05. The van der Waals surface area contributed by atoms with E-state index in [9.17, 15) is 14.4 Å². The molecule has 3 saturated heterocycles. The molecule has 1 spiro atoms. The molecule has 7 heterocycles. The van der Waals surface area contributed by atoms with Gasteiger partial charge in [0, 0.05) is 99.2 Å². The molecule has 2 N–H and O–H groups in total. The van der Waals surface area contributed by atoms with Crippen molar-refractivity contribution in [2.45, 2.75) is 89.6 Å². The number of nitrogens with zero attached hydrogens (tertiary/aromatic N) is 7. The van der Waals surface area contributed by atoms with Gasteiger partial charge in [-0.05, 0) is 99.6 Å². The number of alkyl halides is 1. The number of amides is 3. The van der Waals surface area contributed by atoms with Crippen LogP contribution < -0.4 is 15.1 Å². The van der Waals surface area contributed by atoms with Gasteiger partial charge in [0.15, 0.2) is 0 Å². The third-order valence-electron chi connectivity index (χ3n) is 14.2. The van der Waals surface area contributed by atoms with E-state index in [1.165, 1.54) is 30.2 Å². The lowest BCUT2D eigenvalue weighted by Crippen LogP contribution is -2.52. The van der Waals surface area contributed by atoms with Crippen molar-refractivity contribution in [3.8, 4) is 0 Å². The number of hydrogen-bond donors (Lipinski definition) is 2. The van der Waals surface area contributed by atoms with Crippen molar-refractivity contribution < 1.29 is 18.8 Å². The zero-order valence-corrected chi connectivity index (χ0v) is 33.8. The summed E-state index contributed by atoms with van der Waals surface area (Å²) in [6.45, 7) is 13.2. The average Bonchev–Trinajstić information content (AvgIpc) is 3.55. The number of benzene rings is 2. The Hall–Kier alpha value is -4.88. The van der Waals surface area contributed by atoms with Gasteiger partial charge in [-0.2, -0.15) is 0 Å². The first-order valence-electron chi connectivity index (χ1n) is 21.3. The third-order valence-corrected chi connectivity index (χ3v) is 14.2. The maximum atomic E-state index is 15.2. The van der Waals surface area contributed by atoms with E-state index in [1.807, 2.05) is 24.5 Å². The molecule has 1 saturated carbocycles. The van der Waals surface area contributed by atoms with Crippen LogP contribution in [0.3, 0.4) is 0 Å². The van der Waals surface area contributed by atoms with Crippen LogP contribution in [0.2, 0.25) is 0 Å². The lowest BCUT2D eigenvalue weighted by molar-refractivity contribution is -0.136. The summed E-state index contributed by atoms with van der Waals surface area (Å²) in [6, 6.07) is 13.9. The van der Waals surface area contributed by atoms with E-state index in [2.05, 4.69) is 67.2 Å². The van der Waals surface area contributed by atoms with E-state index in [0.717, 1.165) is 92.1 Å². The van der Waals surface area contributed by atoms with Crippen molar-refractivity contribution in [2.24, 2.45) is 11.3 Å². The quantitative estimate of drug-likeness (QED) is 0.232. The Morgan fingerprint density at radius 1 is 0.948 bits per heavy atom. The number of carbonyl (C=O) groups excluding carboxylic acids is 3. The van der Waals surface area contributed by atoms with Gasteiger partial charge >= 0.3 is 0 Å². The minimum absolute atomic E-state index is 0.128. The van der Waals surface area contributed by atoms with E-state index >= 15 is 4.39 Å². The fourth-order valence-corrected chi connectivity index (χ4v) is 10.9. The molecule has 10 rings (SSSR count). The summed E-state index contributed by atoms with van der Waals surface area (Å²) < 4.78 is 15.2. The molecule has 1 aliphatic carbocycles. The minimum Gasteiger partial charge on any atom is -0.369 e. The Morgan fingerprint density at radius 3 is 2.48 bits per heavy atom. The number of aromatic nitrogens is 3. The molecule has 4 fully saturated rings. The van der Waals surface area contributed by atoms with Gasteiger partial charge in [0.25, 0.3) is 5.91 Å². The predicted octanol–water partition coefficient (Wildman–Crippen LogP) is 5.23. The summed E-state index contributed by atoms with van der Waals surface area (Å²) >= 11 is 0. The molecule has 4 aromatic rings. The fraction of sp³-hybridized carbons (Fsp3) is 0.533. The number of imide groups is 1. The van der Waals surface area contributed by atoms with Crippen LogP contribution in [0.4, 0.5) is 15.9 Å². The van der Waals surface area contributed by atoms with Gasteiger partial charge in [0.2, 0.25) is 11.8 Å². The first-order chi connectivity index (χ1) is 27.9. The van der Waals surface area contributed by atoms with Gasteiger partial charge in [-0.1, -0.05) is 18.2 Å². The van der Waals surface area contributed by atoms with Crippen LogP contribution in [-0.4, -0.2) is 117 Å². The molecule has 0 bridgehead atoms. The number of rotatable bonds is 8. The molecule has 4 atom stereocenters. The first-order valence-corrected chi connectivity index (χ1v) is 21.3. The zero-order chi connectivity index (χ0) is 39.9. The van der Waals surface area contributed by atoms with Gasteiger partial charge in [-0.3, -0.25) is 34.5 Å². The maximum absolute atomic E-state index is 15.2. The molecule has 2 unspecified atom stereocenters. The van der Waals surface area contributed by atoms with E-state index in [0.29, 0.717) is 30.5 Å². The molecule has 304 valence electrons. The van der Waals surface area contributed by atoms with Crippen molar-refractivity contribution in [2.75, 3.05) is 62.2 Å². The third kappa shape index (κ3) is 6.73. The van der Waals surface area contributed by atoms with Crippen LogP contribution in [0, 0.1) is 11.3 Å². The number of nitrogens with one attached hydrogen (secondary N) is 2. The highest BCUT2D eigenvalue weighted by atomic mass is 19.1. The van der Waals surface area contributed by atoms with Gasteiger partial charge in [-0.15, -0.1) is 0 Å². The average molecular weight is 788 g/mol. The number of aromatic amines is 1. The zero-order valence-electron chi connectivity index (χ0n) is 33.8. The summed E-state index contributed by atoms with van der Waals surface area (Å²) in [5.74, 6) is 0.872. The van der Waals surface area contributed by atoms with Crippen LogP contribution in [0.15, 0.2) is 54.9 Å². The predicted molar refractivity (Wildman–Crippen MR) is 220 cm³/mol. The number of fused-ring (bicyclic) bond motifs is 4. The van der Waals surface area contributed by atoms with Gasteiger partial charge < -0.3 is 19.7 Å². The van der Waals surface area contributed by atoms with Crippen LogP contribution in [-0.2, 0) is 22.6 Å². The standard InChI is InChI=1S/C45H54FN9O3/c1-28-20-34-33-6-4-5-7-35(33)49-40(34)41(55(28)27-44(2,3)46)36-23-48-38(24-47-36)53-14-12-45(13-15-53)22-30(45)26-51-16-18-52(19-17-51)31-8-9-32-29(21-31)25-54(43(32)58)37-10-11-39(56)50-42(37)57/h4-9,21,23-24,28,30,37,41,49H,10-20,22,25-27H2,1-3H3,(H,50,56,57)/t28-,30?,37?,41-/m1/s1. The molecule has 0 radical (unpaired) electrons. The molecule has 2 aromatic heterocycles. The van der Waals surface area contributed by atoms with E-state index < -0.39 is 11.7 Å². The molecule has 58 heavy (non-hydrogen) atoms. The Balaban J connectivity index is 0.736. The van der Waals surface area contributed by atoms with Crippen molar-refractivity contribution >= 4 is 40.1 Å². The topological polar surface area (TPSA) is 121 Å². The van der Waals surface area contributed by atoms with Gasteiger partial charge in [0.1, 0.15) is 17.5 Å². The van der Waals surface area contributed by atoms with E-state index in [4.69, 9.17) is 9.97 Å². The Morgan fingerprint density at radius 2 is 1.74 bits per heavy atom. The molecule has 2 aromatic carbocycles. The maximum Gasteiger partial charge on any atom is 0.255 e. The lowest BCUT2D eigenvalue weighted by atomic mass is 9.89. The van der Waals surface area contributed by atoms with E-state index in [-0.39, 0.29) is 36.2 Å². The molecular formula is C45H54FN9O3. The number of anilines is 2. The number of halogens is 1. The molecule has 13 heteroatoms. The molecular weight excluding hydrogens is 734 g/mol. The Bertz CT molecular complexity index is 2250. The number of para-hydroxylation sites is 1. The smallest absolute Gasteiger partial charge is 0.255 e. The summed E-state index contributed by atoms with van der Waals surface area (Å²) in [4.78, 5) is 62.4. The van der Waals surface area contributed by atoms with Gasteiger partial charge in [0.05, 0.1) is 24.1 Å². The number of H-pyrrole nitrogens is 1. The molecule has 5 aliphatic heterocycles. The number of piperazine rings is 1. The van der Waals surface area contributed by atoms with Gasteiger partial charge in [-0.25, -0.2) is 9.37 Å². The second-order valence-electron chi connectivity index (χ2n) is 18.5. The van der Waals surface area contributed by atoms with Crippen molar-refractivity contribution in [1.29, 1.82) is 0 Å². The minimum atomic E-state index is -1.35. The number of piperidine rings is 2. The first kappa shape index (κ1) is 37.4. The van der Waals surface area contributed by atoms with E-state index in [1.54, 1.807) is 18.7 Å². The number of hydrogen-bond acceptors (Lipinski definition) is 9. The fourth-order valence-electron chi connectivity index (χ4n) is 10.9. The number of carbonyl (C=O) groups is 3. The summed E-state index contributed by atoms with van der Waals surface area (Å²) in [6.07, 6.45) is 8.98. The normalized spacial score (nSPS) is 26.3. The molecule has 6 aliphatic rings. The molecule has 12 nitrogen and oxygen atoms in total. The molecule has 3 amide bonds. The monoisotopic (exact) mass is 787 g/mol. The second-order valence-corrected chi connectivity index (χ2v) is 18.5. The largest absolute Gasteiger partial charge is 0.369 e. The SMILES string of the molecule is C[C@@H]1Cc2c([nH]c3ccccc23)[C@@H](c2cnc(N3CCC4(CC3)CC4CN3CCN(c4ccc5c(c4)CN(C4CCC(=O)NC4=O)C5=O)CC3)cn2)N1CC(C)(C)F. The van der Waals surface area contributed by atoms with Crippen LogP contribution in [0.25, 0.3) is 10.9 Å². The summed E-state index contributed by atoms with van der Waals surface area (Å²) in [5, 5.41) is 3.62.